The average molecular weight is 397 g/mol. The SMILES string of the molecule is CC.CC(=O)Cc1cccc(Oc2ccc3nc(NCNC4COC4)cn3n2)c1. The molecule has 1 aliphatic rings. The molecule has 4 rings (SSSR count). The van der Waals surface area contributed by atoms with Crippen molar-refractivity contribution in [2.75, 3.05) is 25.2 Å². The molecular weight excluding hydrogens is 370 g/mol. The van der Waals surface area contributed by atoms with Gasteiger partial charge < -0.3 is 14.8 Å². The summed E-state index contributed by atoms with van der Waals surface area (Å²) in [4.78, 5) is 15.8. The summed E-state index contributed by atoms with van der Waals surface area (Å²) in [5.74, 6) is 1.95. The molecule has 8 heteroatoms. The van der Waals surface area contributed by atoms with Crippen LogP contribution in [0.25, 0.3) is 5.65 Å². The van der Waals surface area contributed by atoms with Crippen molar-refractivity contribution in [3.8, 4) is 11.6 Å². The van der Waals surface area contributed by atoms with Crippen molar-refractivity contribution >= 4 is 17.2 Å². The highest BCUT2D eigenvalue weighted by molar-refractivity contribution is 5.78. The van der Waals surface area contributed by atoms with Gasteiger partial charge in [0.2, 0.25) is 5.88 Å². The van der Waals surface area contributed by atoms with Crippen LogP contribution in [0.4, 0.5) is 5.82 Å². The molecule has 1 saturated heterocycles. The molecule has 3 aromatic rings. The summed E-state index contributed by atoms with van der Waals surface area (Å²) in [5, 5.41) is 11.0. The van der Waals surface area contributed by atoms with Gasteiger partial charge in [-0.25, -0.2) is 9.50 Å². The molecule has 0 radical (unpaired) electrons. The number of hydrogen-bond acceptors (Lipinski definition) is 7. The first kappa shape index (κ1) is 20.8. The van der Waals surface area contributed by atoms with Crippen molar-refractivity contribution in [3.63, 3.8) is 0 Å². The number of fused-ring (bicyclic) bond motifs is 1. The molecule has 1 aliphatic heterocycles. The molecule has 0 spiro atoms. The molecule has 3 heterocycles. The Labute approximate surface area is 170 Å². The van der Waals surface area contributed by atoms with E-state index < -0.39 is 0 Å². The second kappa shape index (κ2) is 9.99. The fourth-order valence-corrected chi connectivity index (χ4v) is 2.77. The fraction of sp³-hybridized carbons (Fsp3) is 0.381. The minimum atomic E-state index is 0.115. The molecular formula is C21H27N5O3. The molecule has 8 nitrogen and oxygen atoms in total. The Morgan fingerprint density at radius 2 is 2.10 bits per heavy atom. The van der Waals surface area contributed by atoms with Crippen LogP contribution in [0.1, 0.15) is 26.3 Å². The van der Waals surface area contributed by atoms with Gasteiger partial charge in [0.05, 0.1) is 32.1 Å². The molecule has 154 valence electrons. The van der Waals surface area contributed by atoms with Crippen LogP contribution >= 0.6 is 0 Å². The molecule has 29 heavy (non-hydrogen) atoms. The van der Waals surface area contributed by atoms with E-state index >= 15 is 0 Å². The lowest BCUT2D eigenvalue weighted by Gasteiger charge is -2.26. The number of ether oxygens (including phenoxy) is 2. The molecule has 2 aromatic heterocycles. The molecule has 0 unspecified atom stereocenters. The van der Waals surface area contributed by atoms with Crippen molar-refractivity contribution in [1.82, 2.24) is 19.9 Å². The van der Waals surface area contributed by atoms with Gasteiger partial charge in [-0.15, -0.1) is 5.10 Å². The molecule has 0 amide bonds. The van der Waals surface area contributed by atoms with Gasteiger partial charge >= 0.3 is 0 Å². The second-order valence-corrected chi connectivity index (χ2v) is 6.52. The van der Waals surface area contributed by atoms with Gasteiger partial charge in [-0.2, -0.15) is 0 Å². The van der Waals surface area contributed by atoms with Gasteiger partial charge in [-0.1, -0.05) is 26.0 Å². The van der Waals surface area contributed by atoms with E-state index in [-0.39, 0.29) is 5.78 Å². The maximum absolute atomic E-state index is 11.3. The first-order valence-corrected chi connectivity index (χ1v) is 9.83. The lowest BCUT2D eigenvalue weighted by Crippen LogP contribution is -2.47. The number of Topliss-reactive ketones (excluding diaryl/α,β-unsaturated/α-hetero) is 1. The van der Waals surface area contributed by atoms with E-state index in [1.54, 1.807) is 17.5 Å². The molecule has 1 aromatic carbocycles. The molecule has 0 aliphatic carbocycles. The third kappa shape index (κ3) is 5.75. The van der Waals surface area contributed by atoms with Crippen LogP contribution in [0.15, 0.2) is 42.6 Å². The number of rotatable bonds is 8. The van der Waals surface area contributed by atoms with Gasteiger partial charge in [-0.05, 0) is 30.7 Å². The van der Waals surface area contributed by atoms with E-state index in [2.05, 4.69) is 20.7 Å². The summed E-state index contributed by atoms with van der Waals surface area (Å²) >= 11 is 0. The van der Waals surface area contributed by atoms with Gasteiger partial charge in [0.15, 0.2) is 5.65 Å². The number of imidazole rings is 1. The van der Waals surface area contributed by atoms with Crippen LogP contribution in [-0.2, 0) is 16.0 Å². The first-order chi connectivity index (χ1) is 14.2. The third-order valence-corrected chi connectivity index (χ3v) is 4.17. The predicted molar refractivity (Wildman–Crippen MR) is 111 cm³/mol. The van der Waals surface area contributed by atoms with E-state index in [1.165, 1.54) is 0 Å². The zero-order valence-corrected chi connectivity index (χ0v) is 17.0. The van der Waals surface area contributed by atoms with Crippen LogP contribution in [0.2, 0.25) is 0 Å². The quantitative estimate of drug-likeness (QED) is 0.565. The topological polar surface area (TPSA) is 89.8 Å². The highest BCUT2D eigenvalue weighted by Crippen LogP contribution is 2.21. The summed E-state index contributed by atoms with van der Waals surface area (Å²) in [6.45, 7) is 7.69. The van der Waals surface area contributed by atoms with Crippen LogP contribution in [-0.4, -0.2) is 46.3 Å². The van der Waals surface area contributed by atoms with Crippen molar-refractivity contribution in [1.29, 1.82) is 0 Å². The number of nitrogens with one attached hydrogen (secondary N) is 2. The molecule has 1 fully saturated rings. The number of nitrogens with zero attached hydrogens (tertiary/aromatic N) is 3. The predicted octanol–water partition coefficient (Wildman–Crippen LogP) is 3.04. The fourth-order valence-electron chi connectivity index (χ4n) is 2.77. The van der Waals surface area contributed by atoms with Gasteiger partial charge in [0.25, 0.3) is 0 Å². The Bertz CT molecular complexity index is 952. The maximum Gasteiger partial charge on any atom is 0.237 e. The van der Waals surface area contributed by atoms with Crippen molar-refractivity contribution in [3.05, 3.63) is 48.2 Å². The Morgan fingerprint density at radius 1 is 1.28 bits per heavy atom. The summed E-state index contributed by atoms with van der Waals surface area (Å²) in [5.41, 5.74) is 1.64. The molecule has 0 atom stereocenters. The Morgan fingerprint density at radius 3 is 2.83 bits per heavy atom. The summed E-state index contributed by atoms with van der Waals surface area (Å²) in [6, 6.07) is 11.5. The Balaban J connectivity index is 0.00000117. The zero-order chi connectivity index (χ0) is 20.6. The first-order valence-electron chi connectivity index (χ1n) is 9.83. The highest BCUT2D eigenvalue weighted by atomic mass is 16.5. The van der Waals surface area contributed by atoms with Crippen LogP contribution in [0.5, 0.6) is 11.6 Å². The van der Waals surface area contributed by atoms with Gasteiger partial charge in [0.1, 0.15) is 17.4 Å². The summed E-state index contributed by atoms with van der Waals surface area (Å²) < 4.78 is 12.6. The van der Waals surface area contributed by atoms with E-state index in [1.807, 2.05) is 50.4 Å². The highest BCUT2D eigenvalue weighted by Gasteiger charge is 2.16. The standard InChI is InChI=1S/C19H21N5O3.C2H6/c1-13(25)7-14-3-2-4-16(8-14)27-19-6-5-18-22-17(9-24(18)23-19)21-12-20-15-10-26-11-15;1-2/h2-6,8-9,15,20-21H,7,10-12H2,1H3;1-2H3. The second-order valence-electron chi connectivity index (χ2n) is 6.52. The largest absolute Gasteiger partial charge is 0.438 e. The number of hydrogen-bond donors (Lipinski definition) is 2. The van der Waals surface area contributed by atoms with Crippen LogP contribution in [0, 0.1) is 0 Å². The maximum atomic E-state index is 11.3. The zero-order valence-electron chi connectivity index (χ0n) is 17.0. The van der Waals surface area contributed by atoms with Crippen molar-refractivity contribution in [2.24, 2.45) is 0 Å². The Kier molecular flexibility index (Phi) is 7.15. The minimum absolute atomic E-state index is 0.115. The molecule has 0 bridgehead atoms. The van der Waals surface area contributed by atoms with Gasteiger partial charge in [0, 0.05) is 12.5 Å². The minimum Gasteiger partial charge on any atom is -0.438 e. The third-order valence-electron chi connectivity index (χ3n) is 4.17. The number of carbonyl (C=O) groups excluding carboxylic acids is 1. The number of ketones is 1. The van der Waals surface area contributed by atoms with Crippen molar-refractivity contribution < 1.29 is 14.3 Å². The number of benzene rings is 1. The van der Waals surface area contributed by atoms with Crippen LogP contribution < -0.4 is 15.4 Å². The molecule has 2 N–H and O–H groups in total. The van der Waals surface area contributed by atoms with E-state index in [9.17, 15) is 4.79 Å². The average Bonchev–Trinajstić information content (AvgIpc) is 3.07. The number of carbonyl (C=O) groups is 1. The lowest BCUT2D eigenvalue weighted by atomic mass is 10.1. The van der Waals surface area contributed by atoms with Crippen molar-refractivity contribution in [2.45, 2.75) is 33.2 Å². The van der Waals surface area contributed by atoms with E-state index in [4.69, 9.17) is 9.47 Å². The number of anilines is 1. The molecule has 0 saturated carbocycles. The Hall–Kier alpha value is -2.97. The summed E-state index contributed by atoms with van der Waals surface area (Å²) in [6.07, 6.45) is 2.20. The smallest absolute Gasteiger partial charge is 0.237 e. The van der Waals surface area contributed by atoms with E-state index in [0.29, 0.717) is 30.8 Å². The monoisotopic (exact) mass is 397 g/mol. The summed E-state index contributed by atoms with van der Waals surface area (Å²) in [7, 11) is 0. The normalized spacial score (nSPS) is 13.3. The van der Waals surface area contributed by atoms with Crippen LogP contribution in [0.3, 0.4) is 0 Å². The van der Waals surface area contributed by atoms with Gasteiger partial charge in [-0.3, -0.25) is 10.1 Å². The number of aromatic nitrogens is 3. The van der Waals surface area contributed by atoms with E-state index in [0.717, 1.165) is 30.2 Å². The lowest BCUT2D eigenvalue weighted by molar-refractivity contribution is -0.116.